The zero-order chi connectivity index (χ0) is 20.2. The van der Waals surface area contributed by atoms with Gasteiger partial charge >= 0.3 is 11.9 Å². The maximum Gasteiger partial charge on any atom is 0.329 e. The minimum Gasteiger partial charge on any atom is -0.461 e. The number of carbonyl (C=O) groups is 3. The van der Waals surface area contributed by atoms with Crippen LogP contribution in [0, 0.1) is 11.8 Å². The number of nitrogens with one attached hydrogen (secondary N) is 1. The van der Waals surface area contributed by atoms with Gasteiger partial charge in [0.15, 0.2) is 0 Å². The molecule has 6 heteroatoms. The molecule has 0 bridgehead atoms. The van der Waals surface area contributed by atoms with Crippen LogP contribution in [0.15, 0.2) is 12.7 Å². The Kier molecular flexibility index (Phi) is 10.8. The Morgan fingerprint density at radius 3 is 2.63 bits per heavy atom. The third-order valence-corrected chi connectivity index (χ3v) is 5.03. The standard InChI is InChI=1S/C21H35NO5/c1-5-7-9-10-12-17-18(27-20(17)24)13-16(11-8-6-2)26-21(25)19(15(3)4)22-14-23/h6,14-19H,2,5,7-13H2,1,3-4H3,(H,22,23)/t16-,17-,18+,19-/m1/s1. The summed E-state index contributed by atoms with van der Waals surface area (Å²) in [6, 6.07) is -0.678. The third kappa shape index (κ3) is 7.73. The van der Waals surface area contributed by atoms with Crippen LogP contribution in [0.4, 0.5) is 0 Å². The fourth-order valence-corrected chi connectivity index (χ4v) is 3.34. The fourth-order valence-electron chi connectivity index (χ4n) is 3.34. The quantitative estimate of drug-likeness (QED) is 0.203. The van der Waals surface area contributed by atoms with Crippen LogP contribution in [-0.4, -0.2) is 36.6 Å². The van der Waals surface area contributed by atoms with Crippen molar-refractivity contribution in [1.82, 2.24) is 5.32 Å². The minimum absolute atomic E-state index is 0.0735. The van der Waals surface area contributed by atoms with Crippen molar-refractivity contribution in [1.29, 1.82) is 0 Å². The van der Waals surface area contributed by atoms with Crippen molar-refractivity contribution in [3.8, 4) is 0 Å². The second-order valence-electron chi connectivity index (χ2n) is 7.60. The molecular formula is C21H35NO5. The normalized spacial score (nSPS) is 21.0. The summed E-state index contributed by atoms with van der Waals surface area (Å²) in [5.41, 5.74) is 0. The molecule has 0 saturated carbocycles. The monoisotopic (exact) mass is 381 g/mol. The Hall–Kier alpha value is -1.85. The summed E-state index contributed by atoms with van der Waals surface area (Å²) in [6.45, 7) is 9.57. The topological polar surface area (TPSA) is 81.7 Å². The number of allylic oxidation sites excluding steroid dienone is 1. The van der Waals surface area contributed by atoms with Crippen LogP contribution in [0.2, 0.25) is 0 Å². The number of unbranched alkanes of at least 4 members (excludes halogenated alkanes) is 3. The Labute approximate surface area is 163 Å². The van der Waals surface area contributed by atoms with E-state index in [9.17, 15) is 14.4 Å². The van der Waals surface area contributed by atoms with Crippen molar-refractivity contribution in [2.75, 3.05) is 0 Å². The second kappa shape index (κ2) is 12.5. The molecule has 0 aromatic rings. The predicted octanol–water partition coefficient (Wildman–Crippen LogP) is 3.54. The van der Waals surface area contributed by atoms with Gasteiger partial charge in [0.05, 0.1) is 5.92 Å². The number of hydrogen-bond donors (Lipinski definition) is 1. The Morgan fingerprint density at radius 1 is 1.33 bits per heavy atom. The van der Waals surface area contributed by atoms with Gasteiger partial charge < -0.3 is 14.8 Å². The molecule has 0 radical (unpaired) electrons. The van der Waals surface area contributed by atoms with E-state index >= 15 is 0 Å². The summed E-state index contributed by atoms with van der Waals surface area (Å²) in [7, 11) is 0. The van der Waals surface area contributed by atoms with E-state index in [2.05, 4.69) is 18.8 Å². The Balaban J connectivity index is 2.62. The molecule has 154 valence electrons. The zero-order valence-electron chi connectivity index (χ0n) is 16.9. The maximum absolute atomic E-state index is 12.4. The maximum atomic E-state index is 12.4. The van der Waals surface area contributed by atoms with Gasteiger partial charge in [-0.25, -0.2) is 4.79 Å². The van der Waals surface area contributed by atoms with Crippen LogP contribution in [0.1, 0.15) is 72.1 Å². The summed E-state index contributed by atoms with van der Waals surface area (Å²) in [4.78, 5) is 35.0. The van der Waals surface area contributed by atoms with E-state index in [4.69, 9.17) is 9.47 Å². The highest BCUT2D eigenvalue weighted by Gasteiger charge is 2.43. The zero-order valence-corrected chi connectivity index (χ0v) is 16.9. The van der Waals surface area contributed by atoms with E-state index in [1.165, 1.54) is 6.42 Å². The van der Waals surface area contributed by atoms with Gasteiger partial charge in [0.25, 0.3) is 0 Å². The van der Waals surface area contributed by atoms with E-state index in [-0.39, 0.29) is 30.0 Å². The first-order chi connectivity index (χ1) is 12.9. The highest BCUT2D eigenvalue weighted by molar-refractivity contribution is 5.79. The van der Waals surface area contributed by atoms with E-state index in [1.807, 2.05) is 13.8 Å². The van der Waals surface area contributed by atoms with E-state index in [0.717, 1.165) is 25.7 Å². The van der Waals surface area contributed by atoms with Gasteiger partial charge in [-0.05, 0) is 25.2 Å². The van der Waals surface area contributed by atoms with Crippen molar-refractivity contribution in [3.05, 3.63) is 12.7 Å². The average Bonchev–Trinajstić information content (AvgIpc) is 2.62. The van der Waals surface area contributed by atoms with Crippen LogP contribution in [0.3, 0.4) is 0 Å². The van der Waals surface area contributed by atoms with Crippen LogP contribution in [0.25, 0.3) is 0 Å². The molecule has 1 saturated heterocycles. The molecule has 1 fully saturated rings. The summed E-state index contributed by atoms with van der Waals surface area (Å²) < 4.78 is 11.0. The third-order valence-electron chi connectivity index (χ3n) is 5.03. The first-order valence-electron chi connectivity index (χ1n) is 10.2. The number of carbonyl (C=O) groups excluding carboxylic acids is 3. The molecule has 1 aliphatic rings. The number of hydrogen-bond acceptors (Lipinski definition) is 5. The second-order valence-corrected chi connectivity index (χ2v) is 7.60. The van der Waals surface area contributed by atoms with Gasteiger partial charge in [-0.2, -0.15) is 0 Å². The molecule has 1 amide bonds. The van der Waals surface area contributed by atoms with Gasteiger partial charge in [0.2, 0.25) is 6.41 Å². The number of ether oxygens (including phenoxy) is 2. The molecule has 27 heavy (non-hydrogen) atoms. The first kappa shape index (κ1) is 23.2. The lowest BCUT2D eigenvalue weighted by Crippen LogP contribution is -2.48. The molecule has 6 nitrogen and oxygen atoms in total. The minimum atomic E-state index is -0.678. The molecule has 0 aromatic carbocycles. The summed E-state index contributed by atoms with van der Waals surface area (Å²) in [5.74, 6) is -0.763. The predicted molar refractivity (Wildman–Crippen MR) is 104 cm³/mol. The largest absolute Gasteiger partial charge is 0.461 e. The highest BCUT2D eigenvalue weighted by atomic mass is 16.6. The SMILES string of the molecule is C=CCC[C@H](C[C@@H]1OC(=O)[C@@H]1CCCCCC)OC(=O)[C@H](NC=O)C(C)C. The summed E-state index contributed by atoms with van der Waals surface area (Å²) in [6.07, 6.45) is 8.85. The van der Waals surface area contributed by atoms with Crippen molar-refractivity contribution < 1.29 is 23.9 Å². The number of rotatable bonds is 15. The van der Waals surface area contributed by atoms with Gasteiger partial charge in [0, 0.05) is 6.42 Å². The lowest BCUT2D eigenvalue weighted by atomic mass is 9.86. The van der Waals surface area contributed by atoms with Crippen LogP contribution >= 0.6 is 0 Å². The molecule has 0 aromatic heterocycles. The van der Waals surface area contributed by atoms with E-state index in [0.29, 0.717) is 25.7 Å². The number of esters is 2. The molecule has 0 spiro atoms. The summed E-state index contributed by atoms with van der Waals surface area (Å²) in [5, 5.41) is 2.52. The van der Waals surface area contributed by atoms with Crippen molar-refractivity contribution in [3.63, 3.8) is 0 Å². The lowest BCUT2D eigenvalue weighted by Gasteiger charge is -2.37. The van der Waals surface area contributed by atoms with Gasteiger partial charge in [0.1, 0.15) is 18.2 Å². The number of cyclic esters (lactones) is 1. The average molecular weight is 382 g/mol. The highest BCUT2D eigenvalue weighted by Crippen LogP contribution is 2.32. The van der Waals surface area contributed by atoms with E-state index < -0.39 is 12.0 Å². The lowest BCUT2D eigenvalue weighted by molar-refractivity contribution is -0.190. The van der Waals surface area contributed by atoms with Crippen molar-refractivity contribution >= 4 is 18.3 Å². The molecule has 0 unspecified atom stereocenters. The fraction of sp³-hybridized carbons (Fsp3) is 0.762. The van der Waals surface area contributed by atoms with Crippen molar-refractivity contribution in [2.45, 2.75) is 90.4 Å². The molecule has 0 aliphatic carbocycles. The molecular weight excluding hydrogens is 346 g/mol. The first-order valence-corrected chi connectivity index (χ1v) is 10.2. The Morgan fingerprint density at radius 2 is 2.07 bits per heavy atom. The van der Waals surface area contributed by atoms with E-state index in [1.54, 1.807) is 6.08 Å². The van der Waals surface area contributed by atoms with Gasteiger partial charge in [-0.15, -0.1) is 6.58 Å². The van der Waals surface area contributed by atoms with Gasteiger partial charge in [-0.3, -0.25) is 9.59 Å². The molecule has 4 atom stereocenters. The molecule has 1 aliphatic heterocycles. The van der Waals surface area contributed by atoms with Crippen LogP contribution < -0.4 is 5.32 Å². The molecule has 1 heterocycles. The summed E-state index contributed by atoms with van der Waals surface area (Å²) >= 11 is 0. The van der Waals surface area contributed by atoms with Crippen LogP contribution in [-0.2, 0) is 23.9 Å². The number of amides is 1. The van der Waals surface area contributed by atoms with Crippen LogP contribution in [0.5, 0.6) is 0 Å². The smallest absolute Gasteiger partial charge is 0.329 e. The molecule has 1 N–H and O–H groups in total. The molecule has 1 rings (SSSR count). The van der Waals surface area contributed by atoms with Crippen molar-refractivity contribution in [2.24, 2.45) is 11.8 Å². The Bertz CT molecular complexity index is 491. The van der Waals surface area contributed by atoms with Gasteiger partial charge in [-0.1, -0.05) is 52.5 Å².